The predicted octanol–water partition coefficient (Wildman–Crippen LogP) is 3.37. The Bertz CT molecular complexity index is 460. The van der Waals surface area contributed by atoms with Gasteiger partial charge in [-0.25, -0.2) is 0 Å². The van der Waals surface area contributed by atoms with Crippen LogP contribution in [0.2, 0.25) is 0 Å². The summed E-state index contributed by atoms with van der Waals surface area (Å²) in [5, 5.41) is 10.2. The summed E-state index contributed by atoms with van der Waals surface area (Å²) in [6, 6.07) is 5.91. The largest absolute Gasteiger partial charge is 0.381 e. The molecule has 2 nitrogen and oxygen atoms in total. The molecule has 98 valence electrons. The highest BCUT2D eigenvalue weighted by molar-refractivity contribution is 7.99. The number of benzene rings is 1. The van der Waals surface area contributed by atoms with E-state index >= 15 is 0 Å². The van der Waals surface area contributed by atoms with Crippen molar-refractivity contribution in [1.82, 2.24) is 0 Å². The van der Waals surface area contributed by atoms with Crippen LogP contribution in [0.3, 0.4) is 0 Å². The lowest BCUT2D eigenvalue weighted by molar-refractivity contribution is -0.135. The number of thioether (sulfide) groups is 1. The van der Waals surface area contributed by atoms with Crippen molar-refractivity contribution in [3.63, 3.8) is 0 Å². The van der Waals surface area contributed by atoms with Crippen LogP contribution in [0.15, 0.2) is 23.1 Å². The topological polar surface area (TPSA) is 37.3 Å². The summed E-state index contributed by atoms with van der Waals surface area (Å²) in [5.41, 5.74) is 1.49. The lowest BCUT2D eigenvalue weighted by atomic mass is 9.85. The highest BCUT2D eigenvalue weighted by Crippen LogP contribution is 2.33. The zero-order chi connectivity index (χ0) is 13.3. The van der Waals surface area contributed by atoms with E-state index in [-0.39, 0.29) is 5.78 Å². The Morgan fingerprint density at radius 1 is 1.39 bits per heavy atom. The summed E-state index contributed by atoms with van der Waals surface area (Å²) in [5.74, 6) is 1.04. The van der Waals surface area contributed by atoms with Gasteiger partial charge in [-0.2, -0.15) is 0 Å². The van der Waals surface area contributed by atoms with Gasteiger partial charge in [-0.3, -0.25) is 4.79 Å². The van der Waals surface area contributed by atoms with Crippen molar-refractivity contribution in [1.29, 1.82) is 0 Å². The van der Waals surface area contributed by atoms with E-state index in [0.717, 1.165) is 17.7 Å². The summed E-state index contributed by atoms with van der Waals surface area (Å²) in [6.07, 6.45) is 1.22. The number of Topliss-reactive ketones (excluding diaryl/α,β-unsaturated/α-hetero) is 1. The van der Waals surface area contributed by atoms with Crippen molar-refractivity contribution < 1.29 is 9.90 Å². The molecular formula is C15H20O2S. The number of aryl methyl sites for hydroxylation is 1. The minimum atomic E-state index is -0.998. The molecule has 0 radical (unpaired) electrons. The number of aliphatic hydroxyl groups is 1. The number of aliphatic hydroxyl groups excluding tert-OH is 1. The van der Waals surface area contributed by atoms with E-state index in [4.69, 9.17) is 0 Å². The van der Waals surface area contributed by atoms with E-state index in [9.17, 15) is 9.90 Å². The maximum absolute atomic E-state index is 12.1. The van der Waals surface area contributed by atoms with Gasteiger partial charge in [0.1, 0.15) is 6.10 Å². The third-order valence-electron chi connectivity index (χ3n) is 3.24. The maximum atomic E-state index is 12.1. The molecule has 0 aliphatic carbocycles. The fourth-order valence-corrected chi connectivity index (χ4v) is 3.13. The molecule has 1 atom stereocenters. The fourth-order valence-electron chi connectivity index (χ4n) is 2.11. The molecule has 0 bridgehead atoms. The summed E-state index contributed by atoms with van der Waals surface area (Å²) in [7, 11) is 0. The molecule has 0 spiro atoms. The van der Waals surface area contributed by atoms with E-state index in [1.807, 2.05) is 50.7 Å². The van der Waals surface area contributed by atoms with E-state index in [0.29, 0.717) is 0 Å². The summed E-state index contributed by atoms with van der Waals surface area (Å²) >= 11 is 1.86. The molecule has 18 heavy (non-hydrogen) atoms. The molecule has 2 rings (SSSR count). The third kappa shape index (κ3) is 2.78. The fraction of sp³-hybridized carbons (Fsp3) is 0.533. The number of hydrogen-bond acceptors (Lipinski definition) is 3. The van der Waals surface area contributed by atoms with Gasteiger partial charge < -0.3 is 5.11 Å². The zero-order valence-corrected chi connectivity index (χ0v) is 12.0. The first kappa shape index (κ1) is 13.6. The van der Waals surface area contributed by atoms with Crippen LogP contribution in [0.4, 0.5) is 0 Å². The first-order valence-corrected chi connectivity index (χ1v) is 7.36. The number of rotatable bonds is 2. The van der Waals surface area contributed by atoms with Crippen LogP contribution in [0.5, 0.6) is 0 Å². The van der Waals surface area contributed by atoms with Gasteiger partial charge in [0.25, 0.3) is 0 Å². The number of hydrogen-bond donors (Lipinski definition) is 1. The Kier molecular flexibility index (Phi) is 3.83. The Morgan fingerprint density at radius 3 is 2.78 bits per heavy atom. The molecule has 1 aliphatic rings. The molecule has 1 aromatic rings. The second-order valence-electron chi connectivity index (χ2n) is 5.84. The van der Waals surface area contributed by atoms with Crippen LogP contribution in [0.1, 0.15) is 44.4 Å². The molecule has 1 aromatic carbocycles. The second kappa shape index (κ2) is 5.06. The Balaban J connectivity index is 2.26. The quantitative estimate of drug-likeness (QED) is 0.890. The van der Waals surface area contributed by atoms with Gasteiger partial charge in [0, 0.05) is 10.3 Å². The van der Waals surface area contributed by atoms with Gasteiger partial charge in [0.15, 0.2) is 5.78 Å². The van der Waals surface area contributed by atoms with E-state index in [1.54, 1.807) is 0 Å². The lowest BCUT2D eigenvalue weighted by Gasteiger charge is -2.23. The van der Waals surface area contributed by atoms with Crippen molar-refractivity contribution in [2.45, 2.75) is 44.6 Å². The van der Waals surface area contributed by atoms with Gasteiger partial charge in [-0.05, 0) is 35.8 Å². The van der Waals surface area contributed by atoms with Gasteiger partial charge in [-0.1, -0.05) is 32.9 Å². The maximum Gasteiger partial charge on any atom is 0.171 e. The highest BCUT2D eigenvalue weighted by atomic mass is 32.2. The molecule has 0 aromatic heterocycles. The molecule has 1 heterocycles. The monoisotopic (exact) mass is 264 g/mol. The molecule has 3 heteroatoms. The molecule has 1 unspecified atom stereocenters. The number of fused-ring (bicyclic) bond motifs is 1. The average Bonchev–Trinajstić information content (AvgIpc) is 2.35. The molecule has 0 fully saturated rings. The van der Waals surface area contributed by atoms with E-state index < -0.39 is 11.5 Å². The molecule has 0 saturated heterocycles. The number of ketones is 1. The van der Waals surface area contributed by atoms with Gasteiger partial charge in [0.05, 0.1) is 0 Å². The van der Waals surface area contributed by atoms with Gasteiger partial charge in [0.2, 0.25) is 0 Å². The second-order valence-corrected chi connectivity index (χ2v) is 6.97. The van der Waals surface area contributed by atoms with E-state index in [2.05, 4.69) is 0 Å². The van der Waals surface area contributed by atoms with Crippen LogP contribution in [-0.2, 0) is 11.2 Å². The predicted molar refractivity (Wildman–Crippen MR) is 74.9 cm³/mol. The Hall–Kier alpha value is -0.800. The van der Waals surface area contributed by atoms with Gasteiger partial charge >= 0.3 is 0 Å². The molecule has 0 amide bonds. The van der Waals surface area contributed by atoms with Crippen LogP contribution >= 0.6 is 11.8 Å². The van der Waals surface area contributed by atoms with Crippen molar-refractivity contribution in [2.24, 2.45) is 5.41 Å². The molecule has 0 saturated carbocycles. The average molecular weight is 264 g/mol. The van der Waals surface area contributed by atoms with Crippen molar-refractivity contribution >= 4 is 17.5 Å². The number of carbonyl (C=O) groups excluding carboxylic acids is 1. The first-order valence-electron chi connectivity index (χ1n) is 6.37. The van der Waals surface area contributed by atoms with Crippen LogP contribution in [0, 0.1) is 5.41 Å². The first-order chi connectivity index (χ1) is 8.39. The minimum Gasteiger partial charge on any atom is -0.381 e. The lowest BCUT2D eigenvalue weighted by Crippen LogP contribution is -2.26. The summed E-state index contributed by atoms with van der Waals surface area (Å²) in [4.78, 5) is 13.4. The standard InChI is InChI=1S/C15H20O2S/c1-15(2,3)14(17)13(16)11-6-7-12-10(9-11)5-4-8-18-12/h6-7,9,13,16H,4-5,8H2,1-3H3. The molecule has 1 N–H and O–H groups in total. The van der Waals surface area contributed by atoms with Crippen molar-refractivity contribution in [2.75, 3.05) is 5.75 Å². The minimum absolute atomic E-state index is 0.120. The van der Waals surface area contributed by atoms with Crippen LogP contribution in [-0.4, -0.2) is 16.6 Å². The highest BCUT2D eigenvalue weighted by Gasteiger charge is 2.29. The molecular weight excluding hydrogens is 244 g/mol. The Morgan fingerprint density at radius 2 is 2.11 bits per heavy atom. The molecule has 1 aliphatic heterocycles. The smallest absolute Gasteiger partial charge is 0.171 e. The third-order valence-corrected chi connectivity index (χ3v) is 4.44. The van der Waals surface area contributed by atoms with Gasteiger partial charge in [-0.15, -0.1) is 11.8 Å². The van der Waals surface area contributed by atoms with Crippen molar-refractivity contribution in [3.05, 3.63) is 29.3 Å². The summed E-state index contributed by atoms with van der Waals surface area (Å²) < 4.78 is 0. The van der Waals surface area contributed by atoms with Crippen LogP contribution in [0.25, 0.3) is 0 Å². The number of carbonyl (C=O) groups is 1. The zero-order valence-electron chi connectivity index (χ0n) is 11.2. The Labute approximate surface area is 113 Å². The van der Waals surface area contributed by atoms with E-state index in [1.165, 1.54) is 16.9 Å². The normalized spacial score (nSPS) is 17.1. The van der Waals surface area contributed by atoms with Crippen molar-refractivity contribution in [3.8, 4) is 0 Å². The van der Waals surface area contributed by atoms with Crippen LogP contribution < -0.4 is 0 Å². The SMILES string of the molecule is CC(C)(C)C(=O)C(O)c1ccc2c(c1)CCCS2. The summed E-state index contributed by atoms with van der Waals surface area (Å²) in [6.45, 7) is 5.52.